The lowest BCUT2D eigenvalue weighted by Gasteiger charge is -2.43. The molecule has 0 N–H and O–H groups in total. The van der Waals surface area contributed by atoms with Gasteiger partial charge in [0.25, 0.3) is 0 Å². The van der Waals surface area contributed by atoms with Gasteiger partial charge in [-0.05, 0) is 0 Å². The zero-order chi connectivity index (χ0) is 11.2. The van der Waals surface area contributed by atoms with E-state index in [4.69, 9.17) is 42.1 Å². The number of halogens is 2. The summed E-state index contributed by atoms with van der Waals surface area (Å²) in [7, 11) is 5.80. The molecular formula is C8H16Cl2O4. The van der Waals surface area contributed by atoms with E-state index >= 15 is 0 Å². The standard InChI is InChI=1S/C8H16Cl2O4/c1-11-7(5-9,12-2)8(6-10,13-3)14-4/h5-6H2,1-4H3. The quantitative estimate of drug-likeness (QED) is 0.504. The minimum atomic E-state index is -1.22. The van der Waals surface area contributed by atoms with Crippen LogP contribution in [0.15, 0.2) is 0 Å². The molecule has 0 radical (unpaired) electrons. The first-order valence-corrected chi connectivity index (χ1v) is 5.01. The average molecular weight is 247 g/mol. The maximum atomic E-state index is 5.78. The van der Waals surface area contributed by atoms with Crippen molar-refractivity contribution in [3.05, 3.63) is 0 Å². The van der Waals surface area contributed by atoms with Crippen LogP contribution in [-0.4, -0.2) is 51.8 Å². The first-order valence-electron chi connectivity index (χ1n) is 3.94. The number of methoxy groups -OCH3 is 4. The van der Waals surface area contributed by atoms with Crippen LogP contribution in [-0.2, 0) is 18.9 Å². The minimum Gasteiger partial charge on any atom is -0.348 e. The van der Waals surface area contributed by atoms with Gasteiger partial charge in [-0.3, -0.25) is 0 Å². The number of hydrogen-bond acceptors (Lipinski definition) is 4. The third-order valence-electron chi connectivity index (χ3n) is 2.25. The Morgan fingerprint density at radius 1 is 0.714 bits per heavy atom. The van der Waals surface area contributed by atoms with Crippen molar-refractivity contribution in [1.29, 1.82) is 0 Å². The topological polar surface area (TPSA) is 36.9 Å². The second-order valence-corrected chi connectivity index (χ2v) is 3.12. The second kappa shape index (κ2) is 6.10. The molecule has 0 spiro atoms. The highest BCUT2D eigenvalue weighted by atomic mass is 35.5. The van der Waals surface area contributed by atoms with E-state index in [1.54, 1.807) is 0 Å². The van der Waals surface area contributed by atoms with Gasteiger partial charge < -0.3 is 18.9 Å². The molecule has 0 aliphatic rings. The minimum absolute atomic E-state index is 0.0361. The monoisotopic (exact) mass is 246 g/mol. The zero-order valence-electron chi connectivity index (χ0n) is 8.80. The van der Waals surface area contributed by atoms with Gasteiger partial charge >= 0.3 is 0 Å². The Balaban J connectivity index is 5.08. The number of ether oxygens (including phenoxy) is 4. The summed E-state index contributed by atoms with van der Waals surface area (Å²) in [6, 6.07) is 0. The highest BCUT2D eigenvalue weighted by molar-refractivity contribution is 6.19. The van der Waals surface area contributed by atoms with Gasteiger partial charge in [-0.2, -0.15) is 0 Å². The van der Waals surface area contributed by atoms with E-state index in [0.29, 0.717) is 0 Å². The Kier molecular flexibility index (Phi) is 6.28. The van der Waals surface area contributed by atoms with Gasteiger partial charge in [0, 0.05) is 28.4 Å². The average Bonchev–Trinajstić information content (AvgIpc) is 2.27. The molecule has 0 aromatic rings. The van der Waals surface area contributed by atoms with Crippen LogP contribution < -0.4 is 0 Å². The van der Waals surface area contributed by atoms with Crippen LogP contribution in [0.2, 0.25) is 0 Å². The van der Waals surface area contributed by atoms with Crippen LogP contribution in [0.25, 0.3) is 0 Å². The predicted octanol–water partition coefficient (Wildman–Crippen LogP) is 1.44. The fourth-order valence-corrected chi connectivity index (χ4v) is 2.05. The van der Waals surface area contributed by atoms with E-state index in [9.17, 15) is 0 Å². The summed E-state index contributed by atoms with van der Waals surface area (Å²) in [5.74, 6) is -2.37. The van der Waals surface area contributed by atoms with Crippen molar-refractivity contribution < 1.29 is 18.9 Å². The van der Waals surface area contributed by atoms with E-state index in [2.05, 4.69) is 0 Å². The second-order valence-electron chi connectivity index (χ2n) is 2.59. The Morgan fingerprint density at radius 3 is 1.00 bits per heavy atom. The molecule has 0 bridgehead atoms. The van der Waals surface area contributed by atoms with Crippen molar-refractivity contribution in [1.82, 2.24) is 0 Å². The predicted molar refractivity (Wildman–Crippen MR) is 54.9 cm³/mol. The van der Waals surface area contributed by atoms with Gasteiger partial charge in [-0.25, -0.2) is 0 Å². The lowest BCUT2D eigenvalue weighted by atomic mass is 10.1. The van der Waals surface area contributed by atoms with Crippen molar-refractivity contribution in [2.75, 3.05) is 40.2 Å². The van der Waals surface area contributed by atoms with Gasteiger partial charge in [-0.15, -0.1) is 23.2 Å². The van der Waals surface area contributed by atoms with Crippen LogP contribution in [0.1, 0.15) is 0 Å². The maximum absolute atomic E-state index is 5.78. The normalized spacial score (nSPS) is 13.3. The summed E-state index contributed by atoms with van der Waals surface area (Å²) in [6.45, 7) is 0. The Morgan fingerprint density at radius 2 is 0.929 bits per heavy atom. The molecule has 0 fully saturated rings. The van der Waals surface area contributed by atoms with E-state index in [-0.39, 0.29) is 11.8 Å². The Bertz CT molecular complexity index is 123. The molecular weight excluding hydrogens is 231 g/mol. The molecule has 4 nitrogen and oxygen atoms in total. The summed E-state index contributed by atoms with van der Waals surface area (Å²) in [5, 5.41) is 0. The van der Waals surface area contributed by atoms with Crippen LogP contribution in [0, 0.1) is 0 Å². The van der Waals surface area contributed by atoms with E-state index in [0.717, 1.165) is 0 Å². The lowest BCUT2D eigenvalue weighted by molar-refractivity contribution is -0.368. The smallest absolute Gasteiger partial charge is 0.238 e. The van der Waals surface area contributed by atoms with E-state index in [1.807, 2.05) is 0 Å². The molecule has 0 aliphatic carbocycles. The van der Waals surface area contributed by atoms with Gasteiger partial charge in [0.05, 0.1) is 11.8 Å². The third-order valence-corrected chi connectivity index (χ3v) is 2.95. The van der Waals surface area contributed by atoms with E-state index < -0.39 is 11.6 Å². The zero-order valence-corrected chi connectivity index (χ0v) is 10.3. The molecule has 0 atom stereocenters. The third kappa shape index (κ3) is 2.15. The van der Waals surface area contributed by atoms with Crippen LogP contribution in [0.3, 0.4) is 0 Å². The van der Waals surface area contributed by atoms with Crippen LogP contribution in [0.4, 0.5) is 0 Å². The maximum Gasteiger partial charge on any atom is 0.238 e. The highest BCUT2D eigenvalue weighted by Crippen LogP contribution is 2.33. The van der Waals surface area contributed by atoms with E-state index in [1.165, 1.54) is 28.4 Å². The van der Waals surface area contributed by atoms with Gasteiger partial charge in [0.15, 0.2) is 0 Å². The van der Waals surface area contributed by atoms with Gasteiger partial charge in [0.2, 0.25) is 11.6 Å². The summed E-state index contributed by atoms with van der Waals surface area (Å²) in [6.07, 6.45) is 0. The van der Waals surface area contributed by atoms with Crippen LogP contribution >= 0.6 is 23.2 Å². The summed E-state index contributed by atoms with van der Waals surface area (Å²) in [5.41, 5.74) is 0. The molecule has 6 heteroatoms. The molecule has 0 amide bonds. The van der Waals surface area contributed by atoms with Crippen molar-refractivity contribution in [3.8, 4) is 0 Å². The number of rotatable bonds is 7. The molecule has 0 saturated carbocycles. The fraction of sp³-hybridized carbons (Fsp3) is 1.00. The Labute approximate surface area is 94.4 Å². The molecule has 0 saturated heterocycles. The Hall–Kier alpha value is 0.420. The highest BCUT2D eigenvalue weighted by Gasteiger charge is 2.54. The lowest BCUT2D eigenvalue weighted by Crippen LogP contribution is -2.61. The van der Waals surface area contributed by atoms with Crippen molar-refractivity contribution >= 4 is 23.2 Å². The first-order chi connectivity index (χ1) is 6.61. The molecule has 14 heavy (non-hydrogen) atoms. The number of hydrogen-bond donors (Lipinski definition) is 0. The van der Waals surface area contributed by atoms with Crippen molar-refractivity contribution in [2.45, 2.75) is 11.6 Å². The van der Waals surface area contributed by atoms with Gasteiger partial charge in [0.1, 0.15) is 0 Å². The fourth-order valence-electron chi connectivity index (χ4n) is 1.21. The molecule has 0 aromatic carbocycles. The largest absolute Gasteiger partial charge is 0.348 e. The first kappa shape index (κ1) is 14.4. The van der Waals surface area contributed by atoms with Crippen LogP contribution in [0.5, 0.6) is 0 Å². The van der Waals surface area contributed by atoms with Gasteiger partial charge in [-0.1, -0.05) is 0 Å². The summed E-state index contributed by atoms with van der Waals surface area (Å²) in [4.78, 5) is 0. The number of alkyl halides is 2. The molecule has 0 unspecified atom stereocenters. The molecule has 0 aliphatic heterocycles. The molecule has 0 aromatic heterocycles. The molecule has 0 rings (SSSR count). The molecule has 86 valence electrons. The SMILES string of the molecule is COC(CCl)(OC)C(CCl)(OC)OC. The van der Waals surface area contributed by atoms with Crippen molar-refractivity contribution in [2.24, 2.45) is 0 Å². The van der Waals surface area contributed by atoms with Crippen molar-refractivity contribution in [3.63, 3.8) is 0 Å². The molecule has 0 heterocycles. The summed E-state index contributed by atoms with van der Waals surface area (Å²) < 4.78 is 20.7. The summed E-state index contributed by atoms with van der Waals surface area (Å²) >= 11 is 11.6.